The Morgan fingerprint density at radius 1 is 1.62 bits per heavy atom. The Labute approximate surface area is 99.1 Å². The molecule has 2 N–H and O–H groups in total. The molecule has 1 rings (SSSR count). The van der Waals surface area contributed by atoms with Crippen LogP contribution in [0.1, 0.15) is 27.2 Å². The predicted molar refractivity (Wildman–Crippen MR) is 65.5 cm³/mol. The smallest absolute Gasteiger partial charge is 0.0736 e. The maximum absolute atomic E-state index is 5.94. The van der Waals surface area contributed by atoms with Gasteiger partial charge in [-0.05, 0) is 34.2 Å². The highest BCUT2D eigenvalue weighted by Crippen LogP contribution is 2.28. The molecular weight excluding hydrogens is 204 g/mol. The van der Waals surface area contributed by atoms with E-state index in [0.717, 1.165) is 13.0 Å². The van der Waals surface area contributed by atoms with Gasteiger partial charge in [0.2, 0.25) is 0 Å². The molecule has 1 saturated heterocycles. The van der Waals surface area contributed by atoms with Crippen molar-refractivity contribution in [2.75, 3.05) is 27.3 Å². The molecule has 4 nitrogen and oxygen atoms in total. The Hall–Kier alpha value is -0.160. The topological polar surface area (TPSA) is 47.7 Å². The quantitative estimate of drug-likeness (QED) is 0.760. The highest BCUT2D eigenvalue weighted by atomic mass is 16.5. The Balaban J connectivity index is 2.78. The molecule has 1 heterocycles. The van der Waals surface area contributed by atoms with E-state index in [1.54, 1.807) is 7.11 Å². The van der Waals surface area contributed by atoms with Crippen LogP contribution in [0.2, 0.25) is 0 Å². The number of nitrogens with two attached hydrogens (primary N) is 1. The number of hydrogen-bond donors (Lipinski definition) is 1. The first kappa shape index (κ1) is 13.9. The monoisotopic (exact) mass is 230 g/mol. The van der Waals surface area contributed by atoms with Gasteiger partial charge < -0.3 is 15.2 Å². The summed E-state index contributed by atoms with van der Waals surface area (Å²) in [5.74, 6) is 0. The molecule has 0 amide bonds. The summed E-state index contributed by atoms with van der Waals surface area (Å²) in [6.07, 6.45) is 1.46. The van der Waals surface area contributed by atoms with E-state index < -0.39 is 0 Å². The maximum Gasteiger partial charge on any atom is 0.0736 e. The summed E-state index contributed by atoms with van der Waals surface area (Å²) in [7, 11) is 3.86. The lowest BCUT2D eigenvalue weighted by Gasteiger charge is -2.45. The van der Waals surface area contributed by atoms with E-state index in [1.807, 2.05) is 0 Å². The first-order valence-electron chi connectivity index (χ1n) is 6.04. The normalized spacial score (nSPS) is 31.7. The molecule has 96 valence electrons. The fourth-order valence-corrected chi connectivity index (χ4v) is 2.46. The first-order valence-corrected chi connectivity index (χ1v) is 6.04. The summed E-state index contributed by atoms with van der Waals surface area (Å²) in [5, 5.41) is 0. The lowest BCUT2D eigenvalue weighted by molar-refractivity contribution is -0.0490. The van der Waals surface area contributed by atoms with E-state index >= 15 is 0 Å². The summed E-state index contributed by atoms with van der Waals surface area (Å²) in [4.78, 5) is 2.33. The van der Waals surface area contributed by atoms with Gasteiger partial charge in [0.15, 0.2) is 0 Å². The standard InChI is InChI=1S/C12H26N2O2/c1-9-11(6-7-16-9)14(4)12(3,8-13)10(2)15-5/h9-11H,6-8,13H2,1-5H3. The number of rotatable bonds is 5. The van der Waals surface area contributed by atoms with E-state index in [4.69, 9.17) is 15.2 Å². The van der Waals surface area contributed by atoms with Crippen LogP contribution in [-0.2, 0) is 9.47 Å². The van der Waals surface area contributed by atoms with Crippen LogP contribution in [-0.4, -0.2) is 56.0 Å². The lowest BCUT2D eigenvalue weighted by Crippen LogP contribution is -2.61. The van der Waals surface area contributed by atoms with E-state index in [0.29, 0.717) is 12.6 Å². The number of nitrogens with zero attached hydrogens (tertiary/aromatic N) is 1. The van der Waals surface area contributed by atoms with E-state index in [9.17, 15) is 0 Å². The minimum atomic E-state index is -0.138. The fourth-order valence-electron chi connectivity index (χ4n) is 2.46. The minimum Gasteiger partial charge on any atom is -0.380 e. The Kier molecular flexibility index (Phi) is 4.73. The van der Waals surface area contributed by atoms with Crippen LogP contribution in [0.4, 0.5) is 0 Å². The summed E-state index contributed by atoms with van der Waals surface area (Å²) in [5.41, 5.74) is 5.80. The summed E-state index contributed by atoms with van der Waals surface area (Å²) >= 11 is 0. The van der Waals surface area contributed by atoms with Gasteiger partial charge in [-0.1, -0.05) is 0 Å². The molecule has 1 aliphatic heterocycles. The lowest BCUT2D eigenvalue weighted by atomic mass is 9.91. The Bertz CT molecular complexity index is 225. The third-order valence-electron chi connectivity index (χ3n) is 4.28. The molecule has 0 bridgehead atoms. The number of likely N-dealkylation sites (N-methyl/N-ethyl adjacent to an activating group) is 1. The third kappa shape index (κ3) is 2.40. The summed E-state index contributed by atoms with van der Waals surface area (Å²) < 4.78 is 11.1. The molecule has 0 spiro atoms. The van der Waals surface area contributed by atoms with E-state index in [1.165, 1.54) is 0 Å². The minimum absolute atomic E-state index is 0.107. The molecule has 4 heteroatoms. The number of methoxy groups -OCH3 is 1. The molecule has 1 aliphatic rings. The SMILES string of the molecule is COC(C)C(C)(CN)N(C)C1CCOC1C. The van der Waals surface area contributed by atoms with Crippen LogP contribution in [0, 0.1) is 0 Å². The Morgan fingerprint density at radius 2 is 2.25 bits per heavy atom. The molecule has 0 aliphatic carbocycles. The van der Waals surface area contributed by atoms with Gasteiger partial charge in [0, 0.05) is 26.3 Å². The van der Waals surface area contributed by atoms with Gasteiger partial charge >= 0.3 is 0 Å². The highest BCUT2D eigenvalue weighted by molar-refractivity contribution is 4.97. The van der Waals surface area contributed by atoms with Crippen LogP contribution < -0.4 is 5.73 Å². The van der Waals surface area contributed by atoms with Gasteiger partial charge in [-0.3, -0.25) is 4.90 Å². The van der Waals surface area contributed by atoms with Crippen molar-refractivity contribution in [3.63, 3.8) is 0 Å². The van der Waals surface area contributed by atoms with Crippen LogP contribution in [0.3, 0.4) is 0 Å². The largest absolute Gasteiger partial charge is 0.380 e. The van der Waals surface area contributed by atoms with Crippen molar-refractivity contribution in [2.24, 2.45) is 5.73 Å². The zero-order chi connectivity index (χ0) is 12.3. The molecule has 0 saturated carbocycles. The second-order valence-corrected chi connectivity index (χ2v) is 4.98. The molecular formula is C12H26N2O2. The van der Waals surface area contributed by atoms with Crippen molar-refractivity contribution in [3.05, 3.63) is 0 Å². The zero-order valence-electron chi connectivity index (χ0n) is 11.2. The molecule has 0 radical (unpaired) electrons. The van der Waals surface area contributed by atoms with Gasteiger partial charge in [-0.2, -0.15) is 0 Å². The fraction of sp³-hybridized carbons (Fsp3) is 1.00. The van der Waals surface area contributed by atoms with Crippen molar-refractivity contribution < 1.29 is 9.47 Å². The van der Waals surface area contributed by atoms with E-state index in [2.05, 4.69) is 32.7 Å². The van der Waals surface area contributed by atoms with Crippen LogP contribution >= 0.6 is 0 Å². The van der Waals surface area contributed by atoms with Gasteiger partial charge in [0.25, 0.3) is 0 Å². The van der Waals surface area contributed by atoms with Crippen LogP contribution in [0.15, 0.2) is 0 Å². The van der Waals surface area contributed by atoms with Crippen molar-refractivity contribution in [1.29, 1.82) is 0 Å². The van der Waals surface area contributed by atoms with Gasteiger partial charge in [0.05, 0.1) is 17.7 Å². The predicted octanol–water partition coefficient (Wildman–Crippen LogP) is 0.848. The molecule has 1 fully saturated rings. The summed E-state index contributed by atoms with van der Waals surface area (Å²) in [6, 6.07) is 0.436. The third-order valence-corrected chi connectivity index (χ3v) is 4.28. The molecule has 4 atom stereocenters. The number of hydrogen-bond acceptors (Lipinski definition) is 4. The Morgan fingerprint density at radius 3 is 2.62 bits per heavy atom. The zero-order valence-corrected chi connectivity index (χ0v) is 11.2. The molecule has 0 aromatic heterocycles. The maximum atomic E-state index is 5.94. The van der Waals surface area contributed by atoms with Gasteiger partial charge in [-0.25, -0.2) is 0 Å². The van der Waals surface area contributed by atoms with Crippen LogP contribution in [0.25, 0.3) is 0 Å². The molecule has 4 unspecified atom stereocenters. The van der Waals surface area contributed by atoms with Crippen molar-refractivity contribution in [3.8, 4) is 0 Å². The second kappa shape index (κ2) is 5.45. The average molecular weight is 230 g/mol. The highest BCUT2D eigenvalue weighted by Gasteiger charge is 2.41. The van der Waals surface area contributed by atoms with Crippen molar-refractivity contribution in [1.82, 2.24) is 4.90 Å². The average Bonchev–Trinajstić information content (AvgIpc) is 2.72. The van der Waals surface area contributed by atoms with Crippen molar-refractivity contribution >= 4 is 0 Å². The van der Waals surface area contributed by atoms with E-state index in [-0.39, 0.29) is 17.7 Å². The van der Waals surface area contributed by atoms with Gasteiger partial charge in [-0.15, -0.1) is 0 Å². The summed E-state index contributed by atoms with van der Waals surface area (Å²) in [6.45, 7) is 7.79. The second-order valence-electron chi connectivity index (χ2n) is 4.98. The molecule has 0 aromatic carbocycles. The molecule has 0 aromatic rings. The molecule has 16 heavy (non-hydrogen) atoms. The first-order chi connectivity index (χ1) is 7.47. The van der Waals surface area contributed by atoms with Gasteiger partial charge in [0.1, 0.15) is 0 Å². The van der Waals surface area contributed by atoms with Crippen molar-refractivity contribution in [2.45, 2.75) is 51.0 Å². The van der Waals surface area contributed by atoms with Crippen LogP contribution in [0.5, 0.6) is 0 Å². The number of ether oxygens (including phenoxy) is 2.